The van der Waals surface area contributed by atoms with E-state index in [2.05, 4.69) is 18.8 Å². The summed E-state index contributed by atoms with van der Waals surface area (Å²) in [5.74, 6) is 0.704. The fourth-order valence-electron chi connectivity index (χ4n) is 2.03. The lowest BCUT2D eigenvalue weighted by Crippen LogP contribution is -2.27. The van der Waals surface area contributed by atoms with Crippen LogP contribution in [0.5, 0.6) is 0 Å². The van der Waals surface area contributed by atoms with E-state index in [1.54, 1.807) is 0 Å². The molecule has 1 unspecified atom stereocenters. The highest BCUT2D eigenvalue weighted by Gasteiger charge is 2.09. The lowest BCUT2D eigenvalue weighted by molar-refractivity contribution is -0.121. The second kappa shape index (κ2) is 13.6. The van der Waals surface area contributed by atoms with Gasteiger partial charge in [0.05, 0.1) is 13.2 Å². The van der Waals surface area contributed by atoms with Crippen LogP contribution in [-0.2, 0) is 9.53 Å². The van der Waals surface area contributed by atoms with Crippen LogP contribution in [-0.4, -0.2) is 32.2 Å². The number of carbonyl (C=O) groups excluding carboxylic acids is 1. The van der Waals surface area contributed by atoms with Gasteiger partial charge in [0.25, 0.3) is 0 Å². The predicted molar refractivity (Wildman–Crippen MR) is 79.9 cm³/mol. The Hall–Kier alpha value is -0.870. The van der Waals surface area contributed by atoms with Crippen molar-refractivity contribution in [2.24, 2.45) is 11.7 Å². The molecule has 4 nitrogen and oxygen atoms in total. The zero-order valence-corrected chi connectivity index (χ0v) is 12.3. The molecule has 0 saturated heterocycles. The third-order valence-electron chi connectivity index (χ3n) is 3.09. The first-order valence-corrected chi connectivity index (χ1v) is 7.40. The van der Waals surface area contributed by atoms with Crippen LogP contribution in [0.1, 0.15) is 45.4 Å². The molecule has 0 heterocycles. The minimum absolute atomic E-state index is 0.116. The van der Waals surface area contributed by atoms with E-state index in [0.717, 1.165) is 32.1 Å². The summed E-state index contributed by atoms with van der Waals surface area (Å²) in [7, 11) is 0. The number of ether oxygens (including phenoxy) is 1. The molecule has 4 heteroatoms. The van der Waals surface area contributed by atoms with Crippen molar-refractivity contribution in [1.29, 1.82) is 0 Å². The van der Waals surface area contributed by atoms with Crippen molar-refractivity contribution < 1.29 is 9.53 Å². The Morgan fingerprint density at radius 1 is 1.37 bits per heavy atom. The monoisotopic (exact) mass is 270 g/mol. The van der Waals surface area contributed by atoms with Crippen molar-refractivity contribution in [3.05, 3.63) is 12.7 Å². The maximum absolute atomic E-state index is 11.6. The maximum atomic E-state index is 11.6. The van der Waals surface area contributed by atoms with Crippen LogP contribution < -0.4 is 11.1 Å². The summed E-state index contributed by atoms with van der Waals surface area (Å²) in [6, 6.07) is 0. The summed E-state index contributed by atoms with van der Waals surface area (Å²) < 4.78 is 5.32. The Labute approximate surface area is 117 Å². The molecule has 0 radical (unpaired) electrons. The van der Waals surface area contributed by atoms with Crippen LogP contribution in [0.2, 0.25) is 0 Å². The molecule has 0 saturated carbocycles. The lowest BCUT2D eigenvalue weighted by Gasteiger charge is -2.14. The Bertz CT molecular complexity index is 226. The van der Waals surface area contributed by atoms with Gasteiger partial charge in [-0.25, -0.2) is 0 Å². The van der Waals surface area contributed by atoms with E-state index in [1.165, 1.54) is 0 Å². The van der Waals surface area contributed by atoms with Crippen LogP contribution in [0.4, 0.5) is 0 Å². The average Bonchev–Trinajstić information content (AvgIpc) is 2.40. The van der Waals surface area contributed by atoms with Gasteiger partial charge in [-0.1, -0.05) is 25.8 Å². The number of rotatable bonds is 13. The maximum Gasteiger partial charge on any atom is 0.220 e. The molecule has 0 aliphatic carbocycles. The Kier molecular flexibility index (Phi) is 12.9. The van der Waals surface area contributed by atoms with Crippen LogP contribution >= 0.6 is 0 Å². The summed E-state index contributed by atoms with van der Waals surface area (Å²) >= 11 is 0. The zero-order valence-electron chi connectivity index (χ0n) is 12.3. The molecule has 1 amide bonds. The highest BCUT2D eigenvalue weighted by Crippen LogP contribution is 2.16. The normalized spacial score (nSPS) is 12.1. The van der Waals surface area contributed by atoms with E-state index < -0.39 is 0 Å². The van der Waals surface area contributed by atoms with Crippen molar-refractivity contribution >= 4 is 5.91 Å². The molecule has 19 heavy (non-hydrogen) atoms. The molecule has 0 aromatic carbocycles. The highest BCUT2D eigenvalue weighted by atomic mass is 16.5. The first-order valence-electron chi connectivity index (χ1n) is 7.40. The average molecular weight is 270 g/mol. The van der Waals surface area contributed by atoms with E-state index in [-0.39, 0.29) is 5.91 Å². The first-order chi connectivity index (χ1) is 9.24. The second-order valence-corrected chi connectivity index (χ2v) is 4.81. The second-order valence-electron chi connectivity index (χ2n) is 4.81. The molecule has 0 rings (SSSR count). The summed E-state index contributed by atoms with van der Waals surface area (Å²) in [4.78, 5) is 11.6. The van der Waals surface area contributed by atoms with E-state index in [4.69, 9.17) is 10.5 Å². The van der Waals surface area contributed by atoms with Gasteiger partial charge in [-0.15, -0.1) is 6.58 Å². The third kappa shape index (κ3) is 11.9. The molecule has 3 N–H and O–H groups in total. The molecule has 112 valence electrons. The number of carbonyl (C=O) groups is 1. The van der Waals surface area contributed by atoms with Crippen LogP contribution in [0, 0.1) is 5.92 Å². The summed E-state index contributed by atoms with van der Waals surface area (Å²) in [6.45, 7) is 8.34. The molecule has 1 atom stereocenters. The van der Waals surface area contributed by atoms with E-state index in [9.17, 15) is 4.79 Å². The molecule has 0 aromatic heterocycles. The van der Waals surface area contributed by atoms with Crippen molar-refractivity contribution in [1.82, 2.24) is 5.32 Å². The highest BCUT2D eigenvalue weighted by molar-refractivity contribution is 5.75. The van der Waals surface area contributed by atoms with Gasteiger partial charge in [-0.3, -0.25) is 4.79 Å². The molecule has 0 aliphatic rings. The van der Waals surface area contributed by atoms with E-state index in [1.807, 2.05) is 6.08 Å². The quantitative estimate of drug-likeness (QED) is 0.398. The number of amides is 1. The molecule has 0 aromatic rings. The van der Waals surface area contributed by atoms with Crippen molar-refractivity contribution in [2.75, 3.05) is 26.3 Å². The Morgan fingerprint density at radius 3 is 2.79 bits per heavy atom. The lowest BCUT2D eigenvalue weighted by atomic mass is 9.94. The SMILES string of the molecule is C=CCCOCCNC(=O)CCC(CCC)CCN. The molecule has 0 spiro atoms. The minimum atomic E-state index is 0.116. The van der Waals surface area contributed by atoms with E-state index >= 15 is 0 Å². The Morgan fingerprint density at radius 2 is 2.16 bits per heavy atom. The summed E-state index contributed by atoms with van der Waals surface area (Å²) in [5.41, 5.74) is 5.58. The van der Waals surface area contributed by atoms with Crippen molar-refractivity contribution in [3.8, 4) is 0 Å². The standard InChI is InChI=1S/C15H30N2O2/c1-3-5-12-19-13-11-17-15(18)8-7-14(6-4-2)9-10-16/h3,14H,1,4-13,16H2,2H3,(H,17,18). The van der Waals surface area contributed by atoms with Gasteiger partial charge in [0.15, 0.2) is 0 Å². The van der Waals surface area contributed by atoms with Crippen molar-refractivity contribution in [3.63, 3.8) is 0 Å². The molecular formula is C15H30N2O2. The van der Waals surface area contributed by atoms with Crippen LogP contribution in [0.25, 0.3) is 0 Å². The predicted octanol–water partition coefficient (Wildman–Crippen LogP) is 2.24. The topological polar surface area (TPSA) is 64.3 Å². The van der Waals surface area contributed by atoms with Gasteiger partial charge in [0.1, 0.15) is 0 Å². The van der Waals surface area contributed by atoms with Gasteiger partial charge >= 0.3 is 0 Å². The van der Waals surface area contributed by atoms with Crippen LogP contribution in [0.3, 0.4) is 0 Å². The summed E-state index contributed by atoms with van der Waals surface area (Å²) in [6.07, 6.45) is 7.55. The minimum Gasteiger partial charge on any atom is -0.379 e. The Balaban J connectivity index is 3.53. The fourth-order valence-corrected chi connectivity index (χ4v) is 2.03. The van der Waals surface area contributed by atoms with Gasteiger partial charge < -0.3 is 15.8 Å². The number of nitrogens with one attached hydrogen (secondary N) is 1. The smallest absolute Gasteiger partial charge is 0.220 e. The largest absolute Gasteiger partial charge is 0.379 e. The third-order valence-corrected chi connectivity index (χ3v) is 3.09. The van der Waals surface area contributed by atoms with Crippen LogP contribution in [0.15, 0.2) is 12.7 Å². The number of nitrogens with two attached hydrogens (primary N) is 1. The molecule has 0 fully saturated rings. The first kappa shape index (κ1) is 18.1. The molecule has 0 bridgehead atoms. The number of hydrogen-bond donors (Lipinski definition) is 2. The summed E-state index contributed by atoms with van der Waals surface area (Å²) in [5, 5.41) is 2.88. The van der Waals surface area contributed by atoms with Crippen molar-refractivity contribution in [2.45, 2.75) is 45.4 Å². The fraction of sp³-hybridized carbons (Fsp3) is 0.800. The molecule has 0 aliphatic heterocycles. The van der Waals surface area contributed by atoms with Gasteiger partial charge in [0.2, 0.25) is 5.91 Å². The zero-order chi connectivity index (χ0) is 14.3. The van der Waals surface area contributed by atoms with Gasteiger partial charge in [-0.2, -0.15) is 0 Å². The number of hydrogen-bond acceptors (Lipinski definition) is 3. The van der Waals surface area contributed by atoms with E-state index in [0.29, 0.717) is 38.6 Å². The van der Waals surface area contributed by atoms with Gasteiger partial charge in [-0.05, 0) is 31.7 Å². The molecular weight excluding hydrogens is 240 g/mol. The van der Waals surface area contributed by atoms with Gasteiger partial charge in [0, 0.05) is 13.0 Å².